The molecule has 0 aromatic heterocycles. The Morgan fingerprint density at radius 1 is 0.917 bits per heavy atom. The van der Waals surface area contributed by atoms with E-state index in [4.69, 9.17) is 0 Å². The van der Waals surface area contributed by atoms with Gasteiger partial charge in [0, 0.05) is 38.0 Å². The van der Waals surface area contributed by atoms with Crippen LogP contribution in [0, 0.1) is 11.8 Å². The van der Waals surface area contributed by atoms with Crippen molar-refractivity contribution in [3.8, 4) is 0 Å². The minimum absolute atomic E-state index is 0. The summed E-state index contributed by atoms with van der Waals surface area (Å²) >= 11 is 0. The molecule has 0 aromatic rings. The first-order valence-corrected chi connectivity index (χ1v) is 4.00. The average molecular weight is 247 g/mol. The van der Waals surface area contributed by atoms with E-state index in [1.54, 1.807) is 0 Å². The summed E-state index contributed by atoms with van der Waals surface area (Å²) in [4.78, 5) is 22.1. The second-order valence-electron chi connectivity index (χ2n) is 3.42. The van der Waals surface area contributed by atoms with Crippen LogP contribution in [0.25, 0.3) is 0 Å². The Morgan fingerprint density at radius 3 is 1.33 bits per heavy atom. The first-order chi connectivity index (χ1) is 4.95. The zero-order chi connectivity index (χ0) is 9.02. The summed E-state index contributed by atoms with van der Waals surface area (Å²) in [5, 5.41) is 0. The van der Waals surface area contributed by atoms with Crippen LogP contribution in [-0.4, -0.2) is 11.6 Å². The van der Waals surface area contributed by atoms with Gasteiger partial charge in [-0.05, 0) is 0 Å². The molecule has 0 bridgehead atoms. The zero-order valence-corrected chi connectivity index (χ0v) is 10.6. The number of ketones is 2. The van der Waals surface area contributed by atoms with Crippen molar-refractivity contribution < 1.29 is 35.8 Å². The molecule has 0 heterocycles. The van der Waals surface area contributed by atoms with Gasteiger partial charge in [0.2, 0.25) is 0 Å². The van der Waals surface area contributed by atoms with Gasteiger partial charge in [-0.25, -0.2) is 0 Å². The van der Waals surface area contributed by atoms with Crippen LogP contribution in [0.5, 0.6) is 0 Å². The van der Waals surface area contributed by atoms with E-state index in [9.17, 15) is 9.59 Å². The number of hydrogen-bond acceptors (Lipinski definition) is 2. The molecule has 0 atom stereocenters. The van der Waals surface area contributed by atoms with Gasteiger partial charge < -0.3 is 0 Å². The second-order valence-corrected chi connectivity index (χ2v) is 3.42. The summed E-state index contributed by atoms with van der Waals surface area (Å²) in [6.45, 7) is 7.26. The molecule has 0 unspecified atom stereocenters. The summed E-state index contributed by atoms with van der Waals surface area (Å²) in [7, 11) is 0. The Bertz CT molecular complexity index is 144. The standard InChI is InChI=1S/C9H16O2.Zr/c1-6(2)8(10)5-9(11)7(3)4;/h6-7H,5H2,1-4H3;. The maximum Gasteiger partial charge on any atom is 0.142 e. The van der Waals surface area contributed by atoms with Gasteiger partial charge in [-0.2, -0.15) is 0 Å². The molecule has 0 rings (SSSR count). The molecule has 12 heavy (non-hydrogen) atoms. The molecule has 0 fully saturated rings. The molecule has 0 saturated carbocycles. The fourth-order valence-corrected chi connectivity index (χ4v) is 0.580. The molecule has 68 valence electrons. The van der Waals surface area contributed by atoms with Gasteiger partial charge in [0.15, 0.2) is 0 Å². The molecular formula is C9H16O2Zr. The van der Waals surface area contributed by atoms with E-state index in [1.165, 1.54) is 0 Å². The summed E-state index contributed by atoms with van der Waals surface area (Å²) in [6.07, 6.45) is 0.106. The zero-order valence-electron chi connectivity index (χ0n) is 8.18. The van der Waals surface area contributed by atoms with Gasteiger partial charge in [0.1, 0.15) is 11.6 Å². The van der Waals surface area contributed by atoms with E-state index in [-0.39, 0.29) is 56.0 Å². The Labute approximate surface area is 93.2 Å². The number of hydrogen-bond donors (Lipinski definition) is 0. The maximum atomic E-state index is 11.0. The minimum atomic E-state index is -0.0160. The second kappa shape index (κ2) is 6.71. The first-order valence-electron chi connectivity index (χ1n) is 4.00. The van der Waals surface area contributed by atoms with Crippen molar-refractivity contribution in [2.24, 2.45) is 11.8 Å². The predicted octanol–water partition coefficient (Wildman–Crippen LogP) is 1.82. The molecule has 0 N–H and O–H groups in total. The third-order valence-electron chi connectivity index (χ3n) is 1.64. The molecular weight excluding hydrogens is 231 g/mol. The topological polar surface area (TPSA) is 34.1 Å². The predicted molar refractivity (Wildman–Crippen MR) is 44.3 cm³/mol. The van der Waals surface area contributed by atoms with Crippen LogP contribution < -0.4 is 0 Å². The van der Waals surface area contributed by atoms with Crippen LogP contribution >= 0.6 is 0 Å². The van der Waals surface area contributed by atoms with Crippen molar-refractivity contribution in [1.82, 2.24) is 0 Å². The quantitative estimate of drug-likeness (QED) is 0.710. The SMILES string of the molecule is CC(C)C(=O)CC(=O)C(C)C.[Zr]. The van der Waals surface area contributed by atoms with Gasteiger partial charge >= 0.3 is 0 Å². The molecule has 0 saturated heterocycles. The van der Waals surface area contributed by atoms with Crippen molar-refractivity contribution in [2.45, 2.75) is 34.1 Å². The first kappa shape index (κ1) is 14.7. The molecule has 0 aliphatic rings. The van der Waals surface area contributed by atoms with E-state index in [2.05, 4.69) is 0 Å². The van der Waals surface area contributed by atoms with Crippen molar-refractivity contribution in [1.29, 1.82) is 0 Å². The summed E-state index contributed by atoms with van der Waals surface area (Å²) in [5.74, 6) is 0.0581. The van der Waals surface area contributed by atoms with E-state index >= 15 is 0 Å². The van der Waals surface area contributed by atoms with Crippen LogP contribution in [-0.2, 0) is 35.8 Å². The third-order valence-corrected chi connectivity index (χ3v) is 1.64. The molecule has 0 amide bonds. The van der Waals surface area contributed by atoms with Crippen LogP contribution in [0.1, 0.15) is 34.1 Å². The largest absolute Gasteiger partial charge is 0.299 e. The molecule has 3 heteroatoms. The Hall–Kier alpha value is 0.223. The molecule has 2 nitrogen and oxygen atoms in total. The Morgan fingerprint density at radius 2 is 1.17 bits per heavy atom. The Kier molecular flexibility index (Phi) is 8.24. The minimum Gasteiger partial charge on any atom is -0.299 e. The van der Waals surface area contributed by atoms with Gasteiger partial charge in [-0.3, -0.25) is 9.59 Å². The average Bonchev–Trinajstić information content (AvgIpc) is 1.87. The van der Waals surface area contributed by atoms with Crippen LogP contribution in [0.2, 0.25) is 0 Å². The monoisotopic (exact) mass is 246 g/mol. The maximum absolute atomic E-state index is 11.0. The number of carbonyl (C=O) groups excluding carboxylic acids is 2. The summed E-state index contributed by atoms with van der Waals surface area (Å²) in [6, 6.07) is 0. The molecule has 0 spiro atoms. The molecule has 0 aromatic carbocycles. The molecule has 0 radical (unpaired) electrons. The van der Waals surface area contributed by atoms with Crippen molar-refractivity contribution in [3.63, 3.8) is 0 Å². The summed E-state index contributed by atoms with van der Waals surface area (Å²) in [5.41, 5.74) is 0. The Balaban J connectivity index is 0. The fourth-order valence-electron chi connectivity index (χ4n) is 0.580. The van der Waals surface area contributed by atoms with Gasteiger partial charge in [-0.1, -0.05) is 27.7 Å². The van der Waals surface area contributed by atoms with E-state index in [0.29, 0.717) is 0 Å². The van der Waals surface area contributed by atoms with Crippen LogP contribution in [0.15, 0.2) is 0 Å². The van der Waals surface area contributed by atoms with Crippen LogP contribution in [0.4, 0.5) is 0 Å². The van der Waals surface area contributed by atoms with E-state index < -0.39 is 0 Å². The molecule has 0 aliphatic heterocycles. The normalized spacial score (nSPS) is 9.83. The number of Topliss-reactive ketones (excluding diaryl/α,β-unsaturated/α-hetero) is 2. The van der Waals surface area contributed by atoms with E-state index in [0.717, 1.165) is 0 Å². The third kappa shape index (κ3) is 5.82. The van der Waals surface area contributed by atoms with Crippen molar-refractivity contribution in [3.05, 3.63) is 0 Å². The van der Waals surface area contributed by atoms with Crippen molar-refractivity contribution in [2.75, 3.05) is 0 Å². The van der Waals surface area contributed by atoms with Gasteiger partial charge in [0.25, 0.3) is 0 Å². The van der Waals surface area contributed by atoms with Gasteiger partial charge in [0.05, 0.1) is 6.42 Å². The van der Waals surface area contributed by atoms with Crippen LogP contribution in [0.3, 0.4) is 0 Å². The fraction of sp³-hybridized carbons (Fsp3) is 0.778. The summed E-state index contributed by atoms with van der Waals surface area (Å²) < 4.78 is 0. The van der Waals surface area contributed by atoms with E-state index in [1.807, 2.05) is 27.7 Å². The number of rotatable bonds is 4. The smallest absolute Gasteiger partial charge is 0.142 e. The van der Waals surface area contributed by atoms with Gasteiger partial charge in [-0.15, -0.1) is 0 Å². The molecule has 0 aliphatic carbocycles. The number of carbonyl (C=O) groups is 2. The van der Waals surface area contributed by atoms with Crippen molar-refractivity contribution >= 4 is 11.6 Å².